The van der Waals surface area contributed by atoms with Gasteiger partial charge in [0.2, 0.25) is 5.91 Å². The Bertz CT molecular complexity index is 977. The number of carbonyl (C=O) groups is 2. The molecule has 0 N–H and O–H groups in total. The lowest BCUT2D eigenvalue weighted by molar-refractivity contribution is -0.137. The summed E-state index contributed by atoms with van der Waals surface area (Å²) in [5.41, 5.74) is 0.000335. The second-order valence-electron chi connectivity index (χ2n) is 8.10. The van der Waals surface area contributed by atoms with Crippen molar-refractivity contribution in [3.63, 3.8) is 0 Å². The van der Waals surface area contributed by atoms with Crippen LogP contribution in [0.2, 0.25) is 5.02 Å². The molecule has 0 spiro atoms. The van der Waals surface area contributed by atoms with Crippen molar-refractivity contribution < 1.29 is 22.8 Å². The molecule has 0 unspecified atom stereocenters. The zero-order valence-electron chi connectivity index (χ0n) is 17.5. The number of carbonyl (C=O) groups excluding carboxylic acids is 2. The molecule has 2 aromatic rings. The van der Waals surface area contributed by atoms with E-state index in [4.69, 9.17) is 11.6 Å². The van der Waals surface area contributed by atoms with Crippen LogP contribution in [-0.4, -0.2) is 47.8 Å². The maximum absolute atomic E-state index is 13.3. The van der Waals surface area contributed by atoms with E-state index in [2.05, 4.69) is 0 Å². The van der Waals surface area contributed by atoms with Gasteiger partial charge in [0.1, 0.15) is 0 Å². The molecule has 0 aromatic heterocycles. The zero-order chi connectivity index (χ0) is 22.9. The summed E-state index contributed by atoms with van der Waals surface area (Å²) in [6.45, 7) is 4.00. The molecule has 1 aliphatic rings. The molecule has 0 bridgehead atoms. The van der Waals surface area contributed by atoms with Crippen molar-refractivity contribution in [1.82, 2.24) is 9.80 Å². The van der Waals surface area contributed by atoms with E-state index in [0.717, 1.165) is 12.1 Å². The van der Waals surface area contributed by atoms with Crippen molar-refractivity contribution in [2.45, 2.75) is 32.0 Å². The van der Waals surface area contributed by atoms with Gasteiger partial charge in [-0.25, -0.2) is 0 Å². The fraction of sp³-hybridized carbons (Fsp3) is 0.391. The van der Waals surface area contributed by atoms with Crippen LogP contribution in [0.25, 0.3) is 0 Å². The molecule has 2 atom stereocenters. The van der Waals surface area contributed by atoms with Gasteiger partial charge in [-0.2, -0.15) is 13.2 Å². The second kappa shape index (κ2) is 8.91. The first kappa shape index (κ1) is 23.1. The smallest absolute Gasteiger partial charge is 0.343 e. The number of rotatable bonds is 4. The van der Waals surface area contributed by atoms with Gasteiger partial charge in [0.25, 0.3) is 5.91 Å². The fourth-order valence-corrected chi connectivity index (χ4v) is 4.01. The van der Waals surface area contributed by atoms with Crippen LogP contribution < -0.4 is 0 Å². The molecular weight excluding hydrogens is 429 g/mol. The highest BCUT2D eigenvalue weighted by Gasteiger charge is 2.42. The first-order chi connectivity index (χ1) is 14.5. The molecule has 2 aromatic carbocycles. The average Bonchev–Trinajstić information content (AvgIpc) is 3.17. The predicted octanol–water partition coefficient (Wildman–Crippen LogP) is 5.08. The monoisotopic (exact) mass is 452 g/mol. The van der Waals surface area contributed by atoms with Gasteiger partial charge in [-0.15, -0.1) is 0 Å². The van der Waals surface area contributed by atoms with Crippen LogP contribution >= 0.6 is 11.6 Å². The minimum atomic E-state index is -4.49. The van der Waals surface area contributed by atoms with Crippen LogP contribution in [-0.2, 0) is 11.0 Å². The highest BCUT2D eigenvalue weighted by Crippen LogP contribution is 2.38. The number of halogens is 4. The molecule has 1 heterocycles. The number of alkyl halides is 3. The van der Waals surface area contributed by atoms with Gasteiger partial charge in [0, 0.05) is 42.7 Å². The van der Waals surface area contributed by atoms with E-state index in [1.54, 1.807) is 42.3 Å². The van der Waals surface area contributed by atoms with E-state index in [0.29, 0.717) is 16.1 Å². The maximum atomic E-state index is 13.3. The van der Waals surface area contributed by atoms with E-state index < -0.39 is 23.6 Å². The predicted molar refractivity (Wildman–Crippen MR) is 113 cm³/mol. The third-order valence-corrected chi connectivity index (χ3v) is 6.00. The first-order valence-electron chi connectivity index (χ1n) is 9.97. The number of hydrogen-bond acceptors (Lipinski definition) is 2. The molecule has 1 aliphatic heterocycles. The number of hydrogen-bond donors (Lipinski definition) is 0. The normalized spacial score (nSPS) is 19.0. The van der Waals surface area contributed by atoms with Crippen molar-refractivity contribution >= 4 is 23.4 Å². The Hall–Kier alpha value is -2.54. The van der Waals surface area contributed by atoms with Gasteiger partial charge in [-0.1, -0.05) is 35.9 Å². The summed E-state index contributed by atoms with van der Waals surface area (Å²) in [6.07, 6.45) is -4.49. The molecule has 0 aliphatic carbocycles. The van der Waals surface area contributed by atoms with Crippen molar-refractivity contribution in [3.8, 4) is 0 Å². The molecule has 3 rings (SSSR count). The third kappa shape index (κ3) is 5.03. The largest absolute Gasteiger partial charge is 0.416 e. The molecule has 4 nitrogen and oxygen atoms in total. The fourth-order valence-electron chi connectivity index (χ4n) is 3.82. The summed E-state index contributed by atoms with van der Waals surface area (Å²) in [7, 11) is 1.66. The molecule has 8 heteroatoms. The molecule has 1 fully saturated rings. The molecule has 2 amide bonds. The number of benzene rings is 2. The molecule has 1 saturated heterocycles. The van der Waals surface area contributed by atoms with E-state index in [1.165, 1.54) is 11.0 Å². The zero-order valence-corrected chi connectivity index (χ0v) is 18.2. The average molecular weight is 453 g/mol. The Balaban J connectivity index is 1.96. The van der Waals surface area contributed by atoms with Gasteiger partial charge >= 0.3 is 6.18 Å². The lowest BCUT2D eigenvalue weighted by Crippen LogP contribution is -2.40. The van der Waals surface area contributed by atoms with Crippen molar-refractivity contribution in [2.75, 3.05) is 20.1 Å². The highest BCUT2D eigenvalue weighted by molar-refractivity contribution is 6.30. The Labute approximate surface area is 184 Å². The minimum Gasteiger partial charge on any atom is -0.343 e. The molecular formula is C23H24ClF3N2O2. The molecule has 31 heavy (non-hydrogen) atoms. The summed E-state index contributed by atoms with van der Waals surface area (Å²) in [5.74, 6) is -1.68. The Morgan fingerprint density at radius 1 is 1.10 bits per heavy atom. The van der Waals surface area contributed by atoms with Gasteiger partial charge in [0.05, 0.1) is 11.5 Å². The van der Waals surface area contributed by atoms with Crippen molar-refractivity contribution in [1.29, 1.82) is 0 Å². The van der Waals surface area contributed by atoms with Crippen LogP contribution in [0.5, 0.6) is 0 Å². The van der Waals surface area contributed by atoms with Crippen LogP contribution in [0, 0.1) is 5.92 Å². The van der Waals surface area contributed by atoms with E-state index in [1.807, 2.05) is 13.8 Å². The lowest BCUT2D eigenvalue weighted by atomic mass is 9.87. The topological polar surface area (TPSA) is 40.6 Å². The molecule has 0 saturated carbocycles. The quantitative estimate of drug-likeness (QED) is 0.649. The van der Waals surface area contributed by atoms with Crippen molar-refractivity contribution in [3.05, 3.63) is 70.2 Å². The summed E-state index contributed by atoms with van der Waals surface area (Å²) >= 11 is 6.00. The Morgan fingerprint density at radius 3 is 2.39 bits per heavy atom. The standard InChI is InChI=1S/C23H24ClF3N2O2/c1-14(2)28(3)22(31)20-13-29(21(30)16-7-5-9-18(24)11-16)12-19(20)15-6-4-8-17(10-15)23(25,26)27/h4-11,14,19-20H,12-13H2,1-3H3/t19-,20+/m0/s1. The van der Waals surface area contributed by atoms with E-state index in [9.17, 15) is 22.8 Å². The van der Waals surface area contributed by atoms with Crippen LogP contribution in [0.15, 0.2) is 48.5 Å². The summed E-state index contributed by atoms with van der Waals surface area (Å²) in [4.78, 5) is 29.3. The Morgan fingerprint density at radius 2 is 1.77 bits per heavy atom. The molecule has 166 valence electrons. The van der Waals surface area contributed by atoms with Gasteiger partial charge < -0.3 is 9.80 Å². The van der Waals surface area contributed by atoms with Crippen LogP contribution in [0.1, 0.15) is 41.3 Å². The SMILES string of the molecule is CC(C)N(C)C(=O)[C@@H]1CN(C(=O)c2cccc(Cl)c2)C[C@H]1c1cccc(C(F)(F)F)c1. The summed E-state index contributed by atoms with van der Waals surface area (Å²) in [6, 6.07) is 11.4. The van der Waals surface area contributed by atoms with Gasteiger partial charge in [-0.3, -0.25) is 9.59 Å². The summed E-state index contributed by atoms with van der Waals surface area (Å²) < 4.78 is 39.8. The highest BCUT2D eigenvalue weighted by atomic mass is 35.5. The molecule has 0 radical (unpaired) electrons. The number of likely N-dealkylation sites (tertiary alicyclic amines) is 1. The van der Waals surface area contributed by atoms with Gasteiger partial charge in [-0.05, 0) is 43.7 Å². The second-order valence-corrected chi connectivity index (χ2v) is 8.54. The van der Waals surface area contributed by atoms with Crippen LogP contribution in [0.4, 0.5) is 13.2 Å². The number of nitrogens with zero attached hydrogens (tertiary/aromatic N) is 2. The van der Waals surface area contributed by atoms with Crippen LogP contribution in [0.3, 0.4) is 0 Å². The first-order valence-corrected chi connectivity index (χ1v) is 10.4. The Kier molecular flexibility index (Phi) is 6.65. The van der Waals surface area contributed by atoms with Crippen molar-refractivity contribution in [2.24, 2.45) is 5.92 Å². The van der Waals surface area contributed by atoms with E-state index in [-0.39, 0.29) is 30.9 Å². The summed E-state index contributed by atoms with van der Waals surface area (Å²) in [5, 5.41) is 0.409. The lowest BCUT2D eigenvalue weighted by Gasteiger charge is -2.27. The number of amides is 2. The van der Waals surface area contributed by atoms with Gasteiger partial charge in [0.15, 0.2) is 0 Å². The third-order valence-electron chi connectivity index (χ3n) is 5.76. The maximum Gasteiger partial charge on any atom is 0.416 e. The minimum absolute atomic E-state index is 0.0765. The van der Waals surface area contributed by atoms with E-state index >= 15 is 0 Å².